The summed E-state index contributed by atoms with van der Waals surface area (Å²) in [6, 6.07) is -4.14. The normalized spacial score (nSPS) is 24.3. The number of esters is 1. The number of phenols is 1. The zero-order valence-corrected chi connectivity index (χ0v) is 40.6. The molecule has 2 aliphatic rings. The molecule has 2 aliphatic heterocycles. The third-order valence-corrected chi connectivity index (χ3v) is 13.6. The first kappa shape index (κ1) is 57.2. The summed E-state index contributed by atoms with van der Waals surface area (Å²) in [5.41, 5.74) is 22.9. The van der Waals surface area contributed by atoms with E-state index >= 15 is 0 Å². The number of benzene rings is 1. The van der Waals surface area contributed by atoms with Crippen LogP contribution in [0.4, 0.5) is 0 Å². The van der Waals surface area contributed by atoms with Gasteiger partial charge in [0.15, 0.2) is 6.10 Å². The summed E-state index contributed by atoms with van der Waals surface area (Å²) in [5.74, 6) is -11.0. The standard InChI is InChI=1S/C43H65N11O13S2/c1-5-22(4)35-41(64)49-26(12-13-32(45)56)37(60)51-28(17-33(46)57)38(61)52-29(20-69-68-19-25(44)36(59)50-27(39(62)53-35)16-23-8-10-24(55)11-9-23)42(65)54-14-6-7-30(54)43(66)67-31(15-21(2)3)40(63)48-18-34(47)58/h8-11,21-22,25-31,35,55H,5-7,12-20,44H2,1-4H3,(H2,45,56)(H2,46,57)(H2,47,58)(H,48,63)(H,49,64)(H,50,59)(H,51,60)(H,52,61)(H,53,62). The molecule has 382 valence electrons. The number of likely N-dealkylation sites (tertiary alicyclic amines) is 1. The summed E-state index contributed by atoms with van der Waals surface area (Å²) in [7, 11) is 2.02. The van der Waals surface area contributed by atoms with Crippen molar-refractivity contribution < 1.29 is 62.6 Å². The van der Waals surface area contributed by atoms with Gasteiger partial charge < -0.3 is 69.6 Å². The first-order valence-electron chi connectivity index (χ1n) is 22.4. The van der Waals surface area contributed by atoms with Crippen LogP contribution in [0.5, 0.6) is 5.75 Å². The van der Waals surface area contributed by atoms with Crippen LogP contribution in [-0.2, 0) is 63.9 Å². The van der Waals surface area contributed by atoms with E-state index in [0.29, 0.717) is 18.4 Å². The molecule has 1 aromatic rings. The van der Waals surface area contributed by atoms with Crippen molar-refractivity contribution in [2.24, 2.45) is 34.8 Å². The van der Waals surface area contributed by atoms with Crippen molar-refractivity contribution in [3.63, 3.8) is 0 Å². The van der Waals surface area contributed by atoms with E-state index in [4.69, 9.17) is 27.7 Å². The van der Waals surface area contributed by atoms with E-state index in [1.54, 1.807) is 27.7 Å². The molecule has 26 heteroatoms. The van der Waals surface area contributed by atoms with Crippen LogP contribution in [0.25, 0.3) is 0 Å². The number of nitrogens with one attached hydrogen (secondary N) is 6. The molecule has 0 aliphatic carbocycles. The highest BCUT2D eigenvalue weighted by Crippen LogP contribution is 2.27. The molecule has 0 spiro atoms. The molecule has 2 saturated heterocycles. The van der Waals surface area contributed by atoms with Gasteiger partial charge in [-0.05, 0) is 55.2 Å². The van der Waals surface area contributed by atoms with Gasteiger partial charge >= 0.3 is 5.97 Å². The summed E-state index contributed by atoms with van der Waals surface area (Å²) >= 11 is 0. The maximum Gasteiger partial charge on any atom is 0.329 e. The molecule has 0 bridgehead atoms. The van der Waals surface area contributed by atoms with Crippen LogP contribution in [0.15, 0.2) is 24.3 Å². The van der Waals surface area contributed by atoms with Crippen LogP contribution >= 0.6 is 21.6 Å². The van der Waals surface area contributed by atoms with Crippen molar-refractivity contribution >= 4 is 86.6 Å². The van der Waals surface area contributed by atoms with E-state index in [0.717, 1.165) is 26.5 Å². The molecule has 24 nitrogen and oxygen atoms in total. The Morgan fingerprint density at radius 2 is 1.41 bits per heavy atom. The van der Waals surface area contributed by atoms with Crippen LogP contribution in [0.1, 0.15) is 78.2 Å². The lowest BCUT2D eigenvalue weighted by Gasteiger charge is -2.31. The number of carbonyl (C=O) groups is 11. The fraction of sp³-hybridized carbons (Fsp3) is 0.605. The van der Waals surface area contributed by atoms with E-state index < -0.39 is 145 Å². The fourth-order valence-corrected chi connectivity index (χ4v) is 9.47. The van der Waals surface area contributed by atoms with E-state index in [1.165, 1.54) is 24.3 Å². The lowest BCUT2D eigenvalue weighted by Crippen LogP contribution is -2.61. The van der Waals surface area contributed by atoms with Crippen LogP contribution in [0.3, 0.4) is 0 Å². The minimum absolute atomic E-state index is 0.00969. The van der Waals surface area contributed by atoms with Gasteiger partial charge in [0.05, 0.1) is 19.0 Å². The van der Waals surface area contributed by atoms with Crippen molar-refractivity contribution in [1.29, 1.82) is 0 Å². The molecule has 15 N–H and O–H groups in total. The first-order valence-corrected chi connectivity index (χ1v) is 24.9. The Labute approximate surface area is 407 Å². The minimum atomic E-state index is -1.76. The summed E-state index contributed by atoms with van der Waals surface area (Å²) in [6.07, 6.45) is -2.28. The van der Waals surface area contributed by atoms with Gasteiger partial charge in [0.25, 0.3) is 5.91 Å². The Bertz CT molecular complexity index is 2050. The number of carbonyl (C=O) groups excluding carboxylic acids is 11. The summed E-state index contributed by atoms with van der Waals surface area (Å²) < 4.78 is 5.61. The second kappa shape index (κ2) is 27.7. The van der Waals surface area contributed by atoms with Crippen molar-refractivity contribution in [2.75, 3.05) is 24.6 Å². The number of nitrogens with two attached hydrogens (primary N) is 4. The number of phenolic OH excluding ortho intramolecular Hbond substituents is 1. The van der Waals surface area contributed by atoms with E-state index in [9.17, 15) is 57.8 Å². The van der Waals surface area contributed by atoms with E-state index in [1.807, 2.05) is 0 Å². The van der Waals surface area contributed by atoms with Crippen molar-refractivity contribution in [3.05, 3.63) is 29.8 Å². The molecule has 0 aromatic heterocycles. The highest BCUT2D eigenvalue weighted by atomic mass is 33.1. The zero-order chi connectivity index (χ0) is 51.5. The number of rotatable bonds is 17. The van der Waals surface area contributed by atoms with Crippen LogP contribution < -0.4 is 54.8 Å². The van der Waals surface area contributed by atoms with Gasteiger partial charge in [-0.25, -0.2) is 4.79 Å². The molecule has 9 unspecified atom stereocenters. The third-order valence-electron chi connectivity index (χ3n) is 11.2. The molecular formula is C43H65N11O13S2. The molecule has 9 atom stereocenters. The number of amides is 10. The average Bonchev–Trinajstić information content (AvgIpc) is 3.78. The monoisotopic (exact) mass is 1010 g/mol. The van der Waals surface area contributed by atoms with E-state index in [-0.39, 0.29) is 49.0 Å². The second-order valence-corrected chi connectivity index (χ2v) is 19.8. The van der Waals surface area contributed by atoms with Crippen molar-refractivity contribution in [1.82, 2.24) is 36.8 Å². The fourth-order valence-electron chi connectivity index (χ4n) is 7.19. The Hall–Kier alpha value is -6.15. The smallest absolute Gasteiger partial charge is 0.329 e. The van der Waals surface area contributed by atoms with Crippen LogP contribution in [0.2, 0.25) is 0 Å². The van der Waals surface area contributed by atoms with Gasteiger partial charge in [0.2, 0.25) is 53.2 Å². The summed E-state index contributed by atoms with van der Waals surface area (Å²) in [4.78, 5) is 148. The van der Waals surface area contributed by atoms with E-state index in [2.05, 4.69) is 31.9 Å². The molecule has 3 rings (SSSR count). The Kier molecular flexibility index (Phi) is 23.0. The number of ether oxygens (including phenoxy) is 1. The molecule has 0 saturated carbocycles. The quantitative estimate of drug-likeness (QED) is 0.0541. The van der Waals surface area contributed by atoms with Crippen LogP contribution in [0, 0.1) is 11.8 Å². The molecule has 0 radical (unpaired) electrons. The molecule has 2 heterocycles. The molecule has 1 aromatic carbocycles. The number of hydrogen-bond donors (Lipinski definition) is 11. The van der Waals surface area contributed by atoms with Crippen molar-refractivity contribution in [3.8, 4) is 5.75 Å². The minimum Gasteiger partial charge on any atom is -0.508 e. The Morgan fingerprint density at radius 1 is 0.797 bits per heavy atom. The van der Waals surface area contributed by atoms with Gasteiger partial charge in [0, 0.05) is 30.9 Å². The SMILES string of the molecule is CCC(C)C1NC(=O)C(Cc2ccc(O)cc2)NC(=O)C(N)CSSCC(C(=O)N2CCCC2C(=O)OC(CC(C)C)C(=O)NCC(N)=O)NC(=O)C(CC(N)=O)NC(=O)C(CCC(N)=O)NC1=O. The predicted octanol–water partition coefficient (Wildman–Crippen LogP) is -3.18. The topological polar surface area (TPSA) is 397 Å². The van der Waals surface area contributed by atoms with Gasteiger partial charge in [-0.15, -0.1) is 0 Å². The zero-order valence-electron chi connectivity index (χ0n) is 39.0. The Balaban J connectivity index is 2.05. The number of primary amides is 3. The predicted molar refractivity (Wildman–Crippen MR) is 252 cm³/mol. The average molecular weight is 1010 g/mol. The third kappa shape index (κ3) is 18.7. The van der Waals surface area contributed by atoms with Gasteiger partial charge in [-0.1, -0.05) is 67.8 Å². The largest absolute Gasteiger partial charge is 0.508 e. The summed E-state index contributed by atoms with van der Waals surface area (Å²) in [6.45, 7) is 6.44. The molecule has 2 fully saturated rings. The highest BCUT2D eigenvalue weighted by Gasteiger charge is 2.42. The maximum atomic E-state index is 14.5. The molecule has 69 heavy (non-hydrogen) atoms. The molecule has 10 amide bonds. The van der Waals surface area contributed by atoms with Gasteiger partial charge in [-0.3, -0.25) is 47.9 Å². The Morgan fingerprint density at radius 3 is 2.01 bits per heavy atom. The lowest BCUT2D eigenvalue weighted by atomic mass is 9.96. The highest BCUT2D eigenvalue weighted by molar-refractivity contribution is 8.76. The number of hydrogen-bond acceptors (Lipinski definition) is 16. The van der Waals surface area contributed by atoms with Gasteiger partial charge in [0.1, 0.15) is 42.0 Å². The molecular weight excluding hydrogens is 943 g/mol. The first-order chi connectivity index (χ1) is 32.5. The van der Waals surface area contributed by atoms with Gasteiger partial charge in [-0.2, -0.15) is 0 Å². The lowest BCUT2D eigenvalue weighted by molar-refractivity contribution is -0.163. The second-order valence-electron chi connectivity index (χ2n) is 17.3. The number of nitrogens with zero attached hydrogens (tertiary/aromatic N) is 1. The van der Waals surface area contributed by atoms with Crippen LogP contribution in [-0.4, -0.2) is 148 Å². The number of aromatic hydroxyl groups is 1. The van der Waals surface area contributed by atoms with Crippen molar-refractivity contribution in [2.45, 2.75) is 127 Å². The summed E-state index contributed by atoms with van der Waals surface area (Å²) in [5, 5.41) is 24.9. The maximum absolute atomic E-state index is 14.5.